The summed E-state index contributed by atoms with van der Waals surface area (Å²) < 4.78 is 16.0. The number of halogens is 2. The smallest absolute Gasteiger partial charge is 0.152 e. The molecule has 0 saturated heterocycles. The van der Waals surface area contributed by atoms with Crippen LogP contribution in [0, 0.1) is 23.6 Å². The summed E-state index contributed by atoms with van der Waals surface area (Å²) in [7, 11) is 0. The Morgan fingerprint density at radius 3 is 2.78 bits per heavy atom. The van der Waals surface area contributed by atoms with E-state index in [-0.39, 0.29) is 16.7 Å². The Labute approximate surface area is 164 Å². The molecule has 0 saturated carbocycles. The van der Waals surface area contributed by atoms with E-state index in [9.17, 15) is 4.39 Å². The number of rotatable bonds is 6. The van der Waals surface area contributed by atoms with E-state index in [0.717, 1.165) is 4.90 Å². The highest BCUT2D eigenvalue weighted by molar-refractivity contribution is 8.00. The number of imidazole rings is 1. The van der Waals surface area contributed by atoms with Crippen molar-refractivity contribution in [2.24, 2.45) is 0 Å². The van der Waals surface area contributed by atoms with Crippen LogP contribution >= 0.6 is 23.5 Å². The molecular formula is C19H13ClFN5S. The molecule has 5 nitrogen and oxygen atoms in total. The van der Waals surface area contributed by atoms with Crippen molar-refractivity contribution >= 4 is 41.0 Å². The number of anilines is 1. The summed E-state index contributed by atoms with van der Waals surface area (Å²) >= 11 is 7.38. The van der Waals surface area contributed by atoms with Crippen molar-refractivity contribution in [1.82, 2.24) is 15.0 Å². The number of hydrogen-bond donors (Lipinski definition) is 3. The van der Waals surface area contributed by atoms with Crippen molar-refractivity contribution in [3.05, 3.63) is 76.9 Å². The third kappa shape index (κ3) is 4.97. The highest BCUT2D eigenvalue weighted by Gasteiger charge is 2.07. The number of H-pyrrole nitrogens is 1. The second kappa shape index (κ2) is 8.54. The van der Waals surface area contributed by atoms with Crippen LogP contribution < -0.4 is 4.72 Å². The first-order valence-corrected chi connectivity index (χ1v) is 8.87. The van der Waals surface area contributed by atoms with Crippen LogP contribution in [-0.2, 0) is 0 Å². The van der Waals surface area contributed by atoms with Gasteiger partial charge in [0.15, 0.2) is 5.15 Å². The van der Waals surface area contributed by atoms with Gasteiger partial charge in [0.1, 0.15) is 17.3 Å². The van der Waals surface area contributed by atoms with Crippen LogP contribution in [0.15, 0.2) is 53.7 Å². The third-order valence-corrected chi connectivity index (χ3v) is 4.53. The van der Waals surface area contributed by atoms with Gasteiger partial charge in [-0.15, -0.1) is 6.42 Å². The highest BCUT2D eigenvalue weighted by Crippen LogP contribution is 2.27. The fourth-order valence-electron chi connectivity index (χ4n) is 2.04. The van der Waals surface area contributed by atoms with E-state index in [1.807, 2.05) is 0 Å². The predicted molar refractivity (Wildman–Crippen MR) is 108 cm³/mol. The van der Waals surface area contributed by atoms with Crippen molar-refractivity contribution in [2.75, 3.05) is 4.72 Å². The molecule has 0 unspecified atom stereocenters. The second-order valence-electron chi connectivity index (χ2n) is 5.29. The van der Waals surface area contributed by atoms with Crippen LogP contribution in [0.3, 0.4) is 0 Å². The molecule has 2 heterocycles. The number of aromatic nitrogens is 3. The Morgan fingerprint density at radius 1 is 1.30 bits per heavy atom. The van der Waals surface area contributed by atoms with Crippen LogP contribution in [-0.4, -0.2) is 20.7 Å². The number of aromatic amines is 1. The Morgan fingerprint density at radius 2 is 2.07 bits per heavy atom. The maximum absolute atomic E-state index is 13.0. The first-order chi connectivity index (χ1) is 13.0. The Balaban J connectivity index is 1.70. The van der Waals surface area contributed by atoms with Gasteiger partial charge in [-0.2, -0.15) is 0 Å². The van der Waals surface area contributed by atoms with Gasteiger partial charge < -0.3 is 15.1 Å². The van der Waals surface area contributed by atoms with Crippen LogP contribution in [0.5, 0.6) is 0 Å². The van der Waals surface area contributed by atoms with E-state index in [0.29, 0.717) is 22.8 Å². The minimum Gasteiger partial charge on any atom is -0.332 e. The van der Waals surface area contributed by atoms with Gasteiger partial charge in [0.05, 0.1) is 17.6 Å². The number of pyridine rings is 1. The molecule has 3 N–H and O–H groups in total. The summed E-state index contributed by atoms with van der Waals surface area (Å²) in [6.07, 6.45) is 11.6. The van der Waals surface area contributed by atoms with Gasteiger partial charge in [0.2, 0.25) is 0 Å². The van der Waals surface area contributed by atoms with E-state index in [1.165, 1.54) is 30.3 Å². The van der Waals surface area contributed by atoms with E-state index in [1.54, 1.807) is 36.5 Å². The number of nitrogens with zero attached hydrogens (tertiary/aromatic N) is 2. The molecule has 0 spiro atoms. The molecule has 0 atom stereocenters. The molecule has 1 aromatic carbocycles. The predicted octanol–water partition coefficient (Wildman–Crippen LogP) is 4.78. The second-order valence-corrected chi connectivity index (χ2v) is 6.53. The minimum atomic E-state index is -0.299. The lowest BCUT2D eigenvalue weighted by Crippen LogP contribution is -1.99. The van der Waals surface area contributed by atoms with Gasteiger partial charge in [0, 0.05) is 16.7 Å². The molecule has 134 valence electrons. The van der Waals surface area contributed by atoms with Crippen LogP contribution in [0.25, 0.3) is 6.08 Å². The summed E-state index contributed by atoms with van der Waals surface area (Å²) in [5.74, 6) is 2.71. The molecule has 27 heavy (non-hydrogen) atoms. The molecule has 2 aromatic heterocycles. The lowest BCUT2D eigenvalue weighted by atomic mass is 10.1. The van der Waals surface area contributed by atoms with Gasteiger partial charge in [-0.3, -0.25) is 0 Å². The van der Waals surface area contributed by atoms with Crippen molar-refractivity contribution < 1.29 is 4.39 Å². The van der Waals surface area contributed by atoms with E-state index < -0.39 is 0 Å². The molecule has 0 aliphatic rings. The normalized spacial score (nSPS) is 10.7. The summed E-state index contributed by atoms with van der Waals surface area (Å²) in [6.45, 7) is 0. The molecule has 0 amide bonds. The van der Waals surface area contributed by atoms with Crippen LogP contribution in [0.1, 0.15) is 17.1 Å². The Kier molecular flexibility index (Phi) is 5.91. The first kappa shape index (κ1) is 18.7. The van der Waals surface area contributed by atoms with Gasteiger partial charge in [-0.1, -0.05) is 17.5 Å². The summed E-state index contributed by atoms with van der Waals surface area (Å²) in [4.78, 5) is 11.9. The molecule has 0 aliphatic heterocycles. The maximum atomic E-state index is 13.0. The molecule has 3 rings (SSSR count). The van der Waals surface area contributed by atoms with Crippen molar-refractivity contribution in [3.8, 4) is 12.3 Å². The number of nitrogens with one attached hydrogen (secondary N) is 3. The lowest BCUT2D eigenvalue weighted by Gasteiger charge is -2.08. The Bertz CT molecular complexity index is 1040. The van der Waals surface area contributed by atoms with Gasteiger partial charge in [0.25, 0.3) is 0 Å². The minimum absolute atomic E-state index is 0.229. The fraction of sp³-hybridized carbons (Fsp3) is 0. The average molecular weight is 398 g/mol. The zero-order chi connectivity index (χ0) is 19.2. The van der Waals surface area contributed by atoms with Gasteiger partial charge in [-0.25, -0.2) is 14.4 Å². The first-order valence-electron chi connectivity index (χ1n) is 7.68. The van der Waals surface area contributed by atoms with E-state index in [2.05, 4.69) is 25.6 Å². The van der Waals surface area contributed by atoms with Gasteiger partial charge >= 0.3 is 0 Å². The van der Waals surface area contributed by atoms with Crippen LogP contribution in [0.4, 0.5) is 10.1 Å². The number of allylic oxidation sites excluding steroid dienone is 1. The number of benzene rings is 1. The van der Waals surface area contributed by atoms with Crippen molar-refractivity contribution in [1.29, 1.82) is 5.41 Å². The number of terminal acetylenes is 1. The molecular weight excluding hydrogens is 385 g/mol. The quantitative estimate of drug-likeness (QED) is 0.242. The SMILES string of the molecule is C#Cc1cnc(/C=C\C(=N)c2cnc(Cl)c(NSc3ccc(F)cc3)c2)[nH]1. The molecule has 0 fully saturated rings. The molecule has 0 aliphatic carbocycles. The summed E-state index contributed by atoms with van der Waals surface area (Å²) in [6, 6.07) is 7.77. The lowest BCUT2D eigenvalue weighted by molar-refractivity contribution is 0.626. The topological polar surface area (TPSA) is 77.5 Å². The molecule has 0 radical (unpaired) electrons. The Hall–Kier alpha value is -3.08. The maximum Gasteiger partial charge on any atom is 0.152 e. The van der Waals surface area contributed by atoms with Gasteiger partial charge in [-0.05, 0) is 54.4 Å². The van der Waals surface area contributed by atoms with E-state index >= 15 is 0 Å². The molecule has 0 bridgehead atoms. The number of hydrogen-bond acceptors (Lipinski definition) is 5. The van der Waals surface area contributed by atoms with E-state index in [4.69, 9.17) is 23.4 Å². The summed E-state index contributed by atoms with van der Waals surface area (Å²) in [5.41, 5.74) is 1.92. The zero-order valence-electron chi connectivity index (χ0n) is 13.8. The fourth-order valence-corrected chi connectivity index (χ4v) is 2.90. The van der Waals surface area contributed by atoms with Crippen molar-refractivity contribution in [3.63, 3.8) is 0 Å². The average Bonchev–Trinajstić information content (AvgIpc) is 3.15. The monoisotopic (exact) mass is 397 g/mol. The largest absolute Gasteiger partial charge is 0.332 e. The molecule has 3 aromatic rings. The third-order valence-electron chi connectivity index (χ3n) is 3.40. The highest BCUT2D eigenvalue weighted by atomic mass is 35.5. The standard InChI is InChI=1S/C19H13ClFN5S/c1-2-14-11-23-18(25-14)8-7-16(22)12-9-17(19(20)24-10-12)26-27-15-5-3-13(21)4-6-15/h1,3-11,22,26H,(H,23,25)/b8-7-,22-16?. The molecule has 8 heteroatoms. The zero-order valence-corrected chi connectivity index (χ0v) is 15.4. The van der Waals surface area contributed by atoms with Crippen LogP contribution in [0.2, 0.25) is 5.15 Å². The summed E-state index contributed by atoms with van der Waals surface area (Å²) in [5, 5.41) is 8.46. The van der Waals surface area contributed by atoms with Crippen molar-refractivity contribution in [2.45, 2.75) is 4.90 Å².